The first-order valence-electron chi connectivity index (χ1n) is 7.74. The molecule has 2 aromatic carbocycles. The van der Waals surface area contributed by atoms with Crippen LogP contribution in [0.5, 0.6) is 0 Å². The lowest BCUT2D eigenvalue weighted by molar-refractivity contribution is -0.385. The molecule has 0 bridgehead atoms. The Morgan fingerprint density at radius 1 is 1.20 bits per heavy atom. The number of anilines is 1. The van der Waals surface area contributed by atoms with Gasteiger partial charge in [-0.2, -0.15) is 0 Å². The molecule has 25 heavy (non-hydrogen) atoms. The fraction of sp³-hybridized carbons (Fsp3) is 0.222. The van der Waals surface area contributed by atoms with Crippen molar-refractivity contribution in [2.45, 2.75) is 26.2 Å². The van der Waals surface area contributed by atoms with Crippen LogP contribution >= 0.6 is 0 Å². The van der Waals surface area contributed by atoms with Crippen LogP contribution < -0.4 is 5.32 Å². The molecule has 0 aliphatic rings. The summed E-state index contributed by atoms with van der Waals surface area (Å²) in [6.07, 6.45) is 1.19. The standard InChI is InChI=1S/C18H18N2O5/c1-12-8-9-14(11-16(12)20(24)25)18(23)19-15-6-2-4-13(10-15)5-3-7-17(21)22/h2,4,6,8-11H,3,5,7H2,1H3,(H,19,23)(H,21,22). The number of hydrogen-bond donors (Lipinski definition) is 2. The van der Waals surface area contributed by atoms with E-state index in [1.807, 2.05) is 6.07 Å². The number of nitro benzene ring substituents is 1. The van der Waals surface area contributed by atoms with Crippen LogP contribution in [0.2, 0.25) is 0 Å². The van der Waals surface area contributed by atoms with Gasteiger partial charge in [0, 0.05) is 29.3 Å². The molecule has 2 rings (SSSR count). The first-order valence-corrected chi connectivity index (χ1v) is 7.74. The van der Waals surface area contributed by atoms with Crippen LogP contribution in [0.1, 0.15) is 34.3 Å². The van der Waals surface area contributed by atoms with Gasteiger partial charge in [-0.25, -0.2) is 0 Å². The number of benzene rings is 2. The minimum absolute atomic E-state index is 0.0869. The maximum atomic E-state index is 12.3. The average molecular weight is 342 g/mol. The zero-order valence-electron chi connectivity index (χ0n) is 13.7. The quantitative estimate of drug-likeness (QED) is 0.590. The molecule has 7 nitrogen and oxygen atoms in total. The van der Waals surface area contributed by atoms with Gasteiger partial charge in [0.05, 0.1) is 4.92 Å². The predicted molar refractivity (Wildman–Crippen MR) is 92.8 cm³/mol. The van der Waals surface area contributed by atoms with Crippen LogP contribution in [-0.2, 0) is 11.2 Å². The second-order valence-electron chi connectivity index (χ2n) is 5.66. The molecule has 0 fully saturated rings. The highest BCUT2D eigenvalue weighted by Crippen LogP contribution is 2.20. The molecule has 0 atom stereocenters. The molecular formula is C18H18N2O5. The fourth-order valence-corrected chi connectivity index (χ4v) is 2.40. The molecule has 0 saturated heterocycles. The van der Waals surface area contributed by atoms with Crippen LogP contribution in [0.25, 0.3) is 0 Å². The first kappa shape index (κ1) is 18.1. The number of rotatable bonds is 7. The number of carboxylic acid groups (broad SMARTS) is 1. The topological polar surface area (TPSA) is 110 Å². The maximum Gasteiger partial charge on any atom is 0.303 e. The van der Waals surface area contributed by atoms with Crippen molar-refractivity contribution in [2.75, 3.05) is 5.32 Å². The van der Waals surface area contributed by atoms with Crippen molar-refractivity contribution in [3.8, 4) is 0 Å². The zero-order valence-corrected chi connectivity index (χ0v) is 13.7. The summed E-state index contributed by atoms with van der Waals surface area (Å²) in [5.74, 6) is -1.28. The summed E-state index contributed by atoms with van der Waals surface area (Å²) in [7, 11) is 0. The third kappa shape index (κ3) is 5.13. The molecule has 0 aromatic heterocycles. The van der Waals surface area contributed by atoms with Gasteiger partial charge in [0.15, 0.2) is 0 Å². The molecule has 2 N–H and O–H groups in total. The lowest BCUT2D eigenvalue weighted by atomic mass is 10.1. The number of aliphatic carboxylic acids is 1. The molecule has 0 radical (unpaired) electrons. The Kier molecular flexibility index (Phi) is 5.84. The number of amides is 1. The van der Waals surface area contributed by atoms with E-state index in [0.717, 1.165) is 5.56 Å². The van der Waals surface area contributed by atoms with Gasteiger partial charge in [-0.05, 0) is 43.5 Å². The van der Waals surface area contributed by atoms with Crippen LogP contribution in [0.4, 0.5) is 11.4 Å². The zero-order chi connectivity index (χ0) is 18.4. The van der Waals surface area contributed by atoms with Crippen molar-refractivity contribution >= 4 is 23.3 Å². The Hall–Kier alpha value is -3.22. The highest BCUT2D eigenvalue weighted by atomic mass is 16.6. The van der Waals surface area contributed by atoms with Gasteiger partial charge in [-0.1, -0.05) is 18.2 Å². The third-order valence-electron chi connectivity index (χ3n) is 3.71. The van der Waals surface area contributed by atoms with E-state index in [1.165, 1.54) is 18.2 Å². The van der Waals surface area contributed by atoms with Crippen molar-refractivity contribution in [2.24, 2.45) is 0 Å². The van der Waals surface area contributed by atoms with E-state index in [-0.39, 0.29) is 17.7 Å². The number of carboxylic acids is 1. The molecule has 0 saturated carbocycles. The van der Waals surface area contributed by atoms with Crippen molar-refractivity contribution < 1.29 is 19.6 Å². The van der Waals surface area contributed by atoms with Crippen molar-refractivity contribution in [1.29, 1.82) is 0 Å². The van der Waals surface area contributed by atoms with Crippen LogP contribution in [0.3, 0.4) is 0 Å². The second-order valence-corrected chi connectivity index (χ2v) is 5.66. The Morgan fingerprint density at radius 2 is 1.96 bits per heavy atom. The van der Waals surface area contributed by atoms with Crippen molar-refractivity contribution in [3.63, 3.8) is 0 Å². The molecule has 0 aliphatic carbocycles. The van der Waals surface area contributed by atoms with E-state index >= 15 is 0 Å². The van der Waals surface area contributed by atoms with E-state index in [1.54, 1.807) is 25.1 Å². The van der Waals surface area contributed by atoms with Crippen LogP contribution in [0, 0.1) is 17.0 Å². The lowest BCUT2D eigenvalue weighted by Gasteiger charge is -2.08. The van der Waals surface area contributed by atoms with Gasteiger partial charge in [-0.15, -0.1) is 0 Å². The molecule has 2 aromatic rings. The Bertz CT molecular complexity index is 817. The predicted octanol–water partition coefficient (Wildman–Crippen LogP) is 3.56. The summed E-state index contributed by atoms with van der Waals surface area (Å²) in [6.45, 7) is 1.61. The minimum atomic E-state index is -0.842. The van der Waals surface area contributed by atoms with Gasteiger partial charge >= 0.3 is 5.97 Å². The number of nitro groups is 1. The van der Waals surface area contributed by atoms with E-state index in [2.05, 4.69) is 5.32 Å². The Balaban J connectivity index is 2.09. The van der Waals surface area contributed by atoms with E-state index in [0.29, 0.717) is 24.1 Å². The number of carbonyl (C=O) groups is 2. The second kappa shape index (κ2) is 8.05. The smallest absolute Gasteiger partial charge is 0.303 e. The Labute approximate surface area is 144 Å². The fourth-order valence-electron chi connectivity index (χ4n) is 2.40. The largest absolute Gasteiger partial charge is 0.481 e. The summed E-state index contributed by atoms with van der Waals surface area (Å²) in [6, 6.07) is 11.4. The van der Waals surface area contributed by atoms with E-state index in [9.17, 15) is 19.7 Å². The molecule has 0 heterocycles. The monoisotopic (exact) mass is 342 g/mol. The molecular weight excluding hydrogens is 324 g/mol. The highest BCUT2D eigenvalue weighted by molar-refractivity contribution is 6.04. The minimum Gasteiger partial charge on any atom is -0.481 e. The van der Waals surface area contributed by atoms with Crippen molar-refractivity contribution in [3.05, 3.63) is 69.3 Å². The summed E-state index contributed by atoms with van der Waals surface area (Å²) >= 11 is 0. The molecule has 0 spiro atoms. The highest BCUT2D eigenvalue weighted by Gasteiger charge is 2.15. The SMILES string of the molecule is Cc1ccc(C(=O)Nc2cccc(CCCC(=O)O)c2)cc1[N+](=O)[O-]. The third-order valence-corrected chi connectivity index (χ3v) is 3.71. The van der Waals surface area contributed by atoms with Crippen LogP contribution in [-0.4, -0.2) is 21.9 Å². The first-order chi connectivity index (χ1) is 11.9. The average Bonchev–Trinajstić information content (AvgIpc) is 2.55. The molecule has 1 amide bonds. The summed E-state index contributed by atoms with van der Waals surface area (Å²) < 4.78 is 0. The van der Waals surface area contributed by atoms with Crippen LogP contribution in [0.15, 0.2) is 42.5 Å². The normalized spacial score (nSPS) is 10.3. The summed E-state index contributed by atoms with van der Waals surface area (Å²) in [4.78, 5) is 33.3. The number of carbonyl (C=O) groups excluding carboxylic acids is 1. The van der Waals surface area contributed by atoms with Gasteiger partial charge in [0.1, 0.15) is 0 Å². The van der Waals surface area contributed by atoms with Gasteiger partial charge in [0.2, 0.25) is 0 Å². The van der Waals surface area contributed by atoms with Crippen molar-refractivity contribution in [1.82, 2.24) is 0 Å². The van der Waals surface area contributed by atoms with Gasteiger partial charge in [0.25, 0.3) is 11.6 Å². The molecule has 0 unspecified atom stereocenters. The number of aryl methyl sites for hydroxylation is 2. The summed E-state index contributed by atoms with van der Waals surface area (Å²) in [5.41, 5.74) is 2.06. The number of hydrogen-bond acceptors (Lipinski definition) is 4. The molecule has 0 aliphatic heterocycles. The van der Waals surface area contributed by atoms with E-state index < -0.39 is 16.8 Å². The molecule has 130 valence electrons. The summed E-state index contributed by atoms with van der Waals surface area (Å²) in [5, 5.41) is 22.4. The maximum absolute atomic E-state index is 12.3. The molecule has 7 heteroatoms. The van der Waals surface area contributed by atoms with Gasteiger partial charge < -0.3 is 10.4 Å². The van der Waals surface area contributed by atoms with Gasteiger partial charge in [-0.3, -0.25) is 19.7 Å². The lowest BCUT2D eigenvalue weighted by Crippen LogP contribution is -2.12. The number of nitrogens with zero attached hydrogens (tertiary/aromatic N) is 1. The number of nitrogens with one attached hydrogen (secondary N) is 1. The van der Waals surface area contributed by atoms with E-state index in [4.69, 9.17) is 5.11 Å². The Morgan fingerprint density at radius 3 is 2.64 bits per heavy atom.